The van der Waals surface area contributed by atoms with Gasteiger partial charge < -0.3 is 10.2 Å². The number of carbonyl (C=O) groups is 2. The lowest BCUT2D eigenvalue weighted by Gasteiger charge is -2.19. The molecule has 4 nitrogen and oxygen atoms in total. The van der Waals surface area contributed by atoms with Gasteiger partial charge in [0.2, 0.25) is 11.8 Å². The molecule has 0 aliphatic carbocycles. The van der Waals surface area contributed by atoms with E-state index in [1.54, 1.807) is 23.1 Å². The Bertz CT molecular complexity index is 836. The molecule has 1 N–H and O–H groups in total. The minimum Gasteiger partial charge on any atom is -0.326 e. The smallest absolute Gasteiger partial charge is 0.228 e. The van der Waals surface area contributed by atoms with Crippen LogP contribution < -0.4 is 10.2 Å². The first-order valence-electron chi connectivity index (χ1n) is 8.09. The van der Waals surface area contributed by atoms with Gasteiger partial charge in [-0.25, -0.2) is 0 Å². The predicted octanol–water partition coefficient (Wildman–Crippen LogP) is 4.61. The van der Waals surface area contributed by atoms with E-state index in [4.69, 9.17) is 23.2 Å². The van der Waals surface area contributed by atoms with Crippen molar-refractivity contribution in [2.45, 2.75) is 26.2 Å². The Morgan fingerprint density at radius 2 is 1.96 bits per heavy atom. The fourth-order valence-electron chi connectivity index (χ4n) is 2.98. The molecule has 2 aromatic rings. The fourth-order valence-corrected chi connectivity index (χ4v) is 3.30. The van der Waals surface area contributed by atoms with Crippen LogP contribution >= 0.6 is 23.2 Å². The van der Waals surface area contributed by atoms with Gasteiger partial charge in [0.1, 0.15) is 0 Å². The van der Waals surface area contributed by atoms with Crippen LogP contribution in [0.4, 0.5) is 11.4 Å². The van der Waals surface area contributed by atoms with Crippen molar-refractivity contribution in [3.63, 3.8) is 0 Å². The minimum absolute atomic E-state index is 0.136. The highest BCUT2D eigenvalue weighted by molar-refractivity contribution is 6.42. The topological polar surface area (TPSA) is 49.4 Å². The van der Waals surface area contributed by atoms with Gasteiger partial charge in [-0.1, -0.05) is 29.3 Å². The van der Waals surface area contributed by atoms with Crippen molar-refractivity contribution in [2.75, 3.05) is 16.8 Å². The number of aryl methyl sites for hydroxylation is 1. The van der Waals surface area contributed by atoms with Crippen LogP contribution in [0.1, 0.15) is 24.0 Å². The Hall–Kier alpha value is -2.04. The lowest BCUT2D eigenvalue weighted by molar-refractivity contribution is -0.117. The normalized spacial score (nSPS) is 14.0. The van der Waals surface area contributed by atoms with E-state index in [0.717, 1.165) is 29.8 Å². The summed E-state index contributed by atoms with van der Waals surface area (Å²) in [6.07, 6.45) is 1.70. The number of hydrogen-bond acceptors (Lipinski definition) is 2. The van der Waals surface area contributed by atoms with Gasteiger partial charge in [-0.3, -0.25) is 9.59 Å². The van der Waals surface area contributed by atoms with Crippen LogP contribution in [0.15, 0.2) is 36.4 Å². The van der Waals surface area contributed by atoms with Crippen LogP contribution in [0.2, 0.25) is 10.0 Å². The maximum atomic E-state index is 12.2. The molecule has 0 unspecified atom stereocenters. The molecule has 1 aliphatic rings. The molecule has 6 heteroatoms. The zero-order valence-corrected chi connectivity index (χ0v) is 15.3. The fraction of sp³-hybridized carbons (Fsp3) is 0.263. The molecule has 25 heavy (non-hydrogen) atoms. The molecular weight excluding hydrogens is 359 g/mol. The van der Waals surface area contributed by atoms with Crippen LogP contribution in [-0.4, -0.2) is 18.4 Å². The number of hydrogen-bond donors (Lipinski definition) is 1. The molecule has 0 spiro atoms. The third-order valence-electron chi connectivity index (χ3n) is 4.19. The maximum absolute atomic E-state index is 12.2. The van der Waals surface area contributed by atoms with Crippen molar-refractivity contribution in [3.8, 4) is 0 Å². The average molecular weight is 377 g/mol. The van der Waals surface area contributed by atoms with Gasteiger partial charge in [-0.2, -0.15) is 0 Å². The second kappa shape index (κ2) is 7.46. The van der Waals surface area contributed by atoms with Gasteiger partial charge in [0.05, 0.1) is 16.5 Å². The summed E-state index contributed by atoms with van der Waals surface area (Å²) >= 11 is 11.9. The molecule has 0 atom stereocenters. The summed E-state index contributed by atoms with van der Waals surface area (Å²) in [5.74, 6) is 0.0160. The van der Waals surface area contributed by atoms with Gasteiger partial charge in [-0.15, -0.1) is 0 Å². The molecule has 3 rings (SSSR count). The molecule has 0 radical (unpaired) electrons. The van der Waals surface area contributed by atoms with Crippen molar-refractivity contribution in [1.82, 2.24) is 0 Å². The van der Waals surface area contributed by atoms with Gasteiger partial charge in [0.25, 0.3) is 0 Å². The molecule has 130 valence electrons. The Labute approximate surface area is 156 Å². The van der Waals surface area contributed by atoms with Gasteiger partial charge in [0.15, 0.2) is 0 Å². The number of carbonyl (C=O) groups excluding carboxylic acids is 2. The zero-order chi connectivity index (χ0) is 18.0. The van der Waals surface area contributed by atoms with E-state index < -0.39 is 0 Å². The first kappa shape index (κ1) is 17.8. The number of benzene rings is 2. The quantitative estimate of drug-likeness (QED) is 0.846. The molecule has 0 bridgehead atoms. The first-order chi connectivity index (χ1) is 11.9. The second-order valence-electron chi connectivity index (χ2n) is 6.12. The largest absolute Gasteiger partial charge is 0.326 e. The highest BCUT2D eigenvalue weighted by Crippen LogP contribution is 2.28. The van der Waals surface area contributed by atoms with Crippen molar-refractivity contribution >= 4 is 46.4 Å². The standard InChI is InChI=1S/C19H18Cl2N2O2/c1-12-9-14(5-7-17(12)23-8-2-3-19(23)25)22-18(24)11-13-4-6-15(20)16(21)10-13/h4-7,9-10H,2-3,8,11H2,1H3,(H,22,24). The van der Waals surface area contributed by atoms with E-state index in [9.17, 15) is 9.59 Å². The van der Waals surface area contributed by atoms with E-state index in [-0.39, 0.29) is 18.2 Å². The Morgan fingerprint density at radius 3 is 2.60 bits per heavy atom. The number of nitrogens with zero attached hydrogens (tertiary/aromatic N) is 1. The van der Waals surface area contributed by atoms with E-state index in [1.165, 1.54) is 0 Å². The van der Waals surface area contributed by atoms with Gasteiger partial charge in [0, 0.05) is 24.3 Å². The van der Waals surface area contributed by atoms with E-state index >= 15 is 0 Å². The number of amides is 2. The zero-order valence-electron chi connectivity index (χ0n) is 13.8. The van der Waals surface area contributed by atoms with E-state index in [0.29, 0.717) is 22.2 Å². The highest BCUT2D eigenvalue weighted by Gasteiger charge is 2.23. The Balaban J connectivity index is 1.68. The summed E-state index contributed by atoms with van der Waals surface area (Å²) in [7, 11) is 0. The van der Waals surface area contributed by atoms with Gasteiger partial charge in [-0.05, 0) is 54.8 Å². The van der Waals surface area contributed by atoms with Crippen LogP contribution in [0.25, 0.3) is 0 Å². The van der Waals surface area contributed by atoms with Gasteiger partial charge >= 0.3 is 0 Å². The third-order valence-corrected chi connectivity index (χ3v) is 4.93. The molecule has 2 aromatic carbocycles. The SMILES string of the molecule is Cc1cc(NC(=O)Cc2ccc(Cl)c(Cl)c2)ccc1N1CCCC1=O. The number of rotatable bonds is 4. The third kappa shape index (κ3) is 4.14. The number of anilines is 2. The molecular formula is C19H18Cl2N2O2. The Kier molecular flexibility index (Phi) is 5.30. The van der Waals surface area contributed by atoms with Crippen LogP contribution in [0, 0.1) is 6.92 Å². The van der Waals surface area contributed by atoms with Crippen molar-refractivity contribution in [1.29, 1.82) is 0 Å². The summed E-state index contributed by atoms with van der Waals surface area (Å²) in [6, 6.07) is 10.7. The molecule has 2 amide bonds. The minimum atomic E-state index is -0.136. The lowest BCUT2D eigenvalue weighted by Crippen LogP contribution is -2.24. The summed E-state index contributed by atoms with van der Waals surface area (Å²) < 4.78 is 0. The molecule has 1 saturated heterocycles. The monoisotopic (exact) mass is 376 g/mol. The van der Waals surface area contributed by atoms with Crippen molar-refractivity contribution in [3.05, 3.63) is 57.6 Å². The van der Waals surface area contributed by atoms with Crippen molar-refractivity contribution in [2.24, 2.45) is 0 Å². The molecule has 0 saturated carbocycles. The number of nitrogens with one attached hydrogen (secondary N) is 1. The molecule has 1 fully saturated rings. The number of halogens is 2. The second-order valence-corrected chi connectivity index (χ2v) is 6.94. The summed E-state index contributed by atoms with van der Waals surface area (Å²) in [5.41, 5.74) is 3.37. The van der Waals surface area contributed by atoms with Crippen molar-refractivity contribution < 1.29 is 9.59 Å². The molecule has 1 aliphatic heterocycles. The Morgan fingerprint density at radius 1 is 1.16 bits per heavy atom. The lowest BCUT2D eigenvalue weighted by atomic mass is 10.1. The van der Waals surface area contributed by atoms with E-state index in [1.807, 2.05) is 25.1 Å². The average Bonchev–Trinajstić information content (AvgIpc) is 2.97. The van der Waals surface area contributed by atoms with Crippen LogP contribution in [-0.2, 0) is 16.0 Å². The maximum Gasteiger partial charge on any atom is 0.228 e. The summed E-state index contributed by atoms with van der Waals surface area (Å²) in [5, 5.41) is 3.77. The molecule has 1 heterocycles. The summed E-state index contributed by atoms with van der Waals surface area (Å²) in [4.78, 5) is 25.9. The van der Waals surface area contributed by atoms with Crippen LogP contribution in [0.5, 0.6) is 0 Å². The predicted molar refractivity (Wildman–Crippen MR) is 102 cm³/mol. The highest BCUT2D eigenvalue weighted by atomic mass is 35.5. The van der Waals surface area contributed by atoms with E-state index in [2.05, 4.69) is 5.32 Å². The van der Waals surface area contributed by atoms with Crippen LogP contribution in [0.3, 0.4) is 0 Å². The molecule has 0 aromatic heterocycles. The first-order valence-corrected chi connectivity index (χ1v) is 8.84. The summed E-state index contributed by atoms with van der Waals surface area (Å²) in [6.45, 7) is 2.69.